The Morgan fingerprint density at radius 3 is 2.87 bits per heavy atom. The third kappa shape index (κ3) is 3.59. The molecular formula is C10H15BrN2OS. The molecule has 0 fully saturated rings. The third-order valence-electron chi connectivity index (χ3n) is 2.15. The second-order valence-corrected chi connectivity index (χ2v) is 5.35. The first-order valence-electron chi connectivity index (χ1n) is 4.78. The predicted molar refractivity (Wildman–Crippen MR) is 66.8 cm³/mol. The molecule has 15 heavy (non-hydrogen) atoms. The number of carbonyl (C=O) groups is 1. The minimum atomic E-state index is -0.376. The fourth-order valence-corrected chi connectivity index (χ4v) is 2.71. The Morgan fingerprint density at radius 2 is 2.40 bits per heavy atom. The quantitative estimate of drug-likeness (QED) is 0.924. The highest BCUT2D eigenvalue weighted by atomic mass is 79.9. The van der Waals surface area contributed by atoms with Gasteiger partial charge in [0.15, 0.2) is 0 Å². The van der Waals surface area contributed by atoms with Crippen LogP contribution in [0.15, 0.2) is 15.9 Å². The number of hydrogen-bond acceptors (Lipinski definition) is 3. The molecule has 1 aromatic heterocycles. The van der Waals surface area contributed by atoms with E-state index in [-0.39, 0.29) is 11.9 Å². The summed E-state index contributed by atoms with van der Waals surface area (Å²) in [7, 11) is 1.78. The van der Waals surface area contributed by atoms with Crippen molar-refractivity contribution >= 4 is 33.2 Å². The maximum Gasteiger partial charge on any atom is 0.239 e. The molecular weight excluding hydrogens is 276 g/mol. The number of nitrogens with two attached hydrogens (primary N) is 1. The topological polar surface area (TPSA) is 46.3 Å². The monoisotopic (exact) mass is 290 g/mol. The van der Waals surface area contributed by atoms with Crippen molar-refractivity contribution in [2.75, 3.05) is 7.05 Å². The predicted octanol–water partition coefficient (Wildman–Crippen LogP) is 2.21. The Labute approximate surface area is 102 Å². The summed E-state index contributed by atoms with van der Waals surface area (Å²) in [5.74, 6) is 0.00187. The Morgan fingerprint density at radius 1 is 1.73 bits per heavy atom. The van der Waals surface area contributed by atoms with Gasteiger partial charge in [0.2, 0.25) is 5.91 Å². The van der Waals surface area contributed by atoms with E-state index in [1.54, 1.807) is 23.3 Å². The lowest BCUT2D eigenvalue weighted by Crippen LogP contribution is -2.40. The largest absolute Gasteiger partial charge is 0.339 e. The van der Waals surface area contributed by atoms with Crippen LogP contribution in [0.4, 0.5) is 0 Å². The number of nitrogens with zero attached hydrogens (tertiary/aromatic N) is 1. The van der Waals surface area contributed by atoms with Gasteiger partial charge in [-0.2, -0.15) is 0 Å². The lowest BCUT2D eigenvalue weighted by atomic mass is 10.2. The van der Waals surface area contributed by atoms with Gasteiger partial charge in [-0.15, -0.1) is 11.3 Å². The van der Waals surface area contributed by atoms with E-state index in [0.717, 1.165) is 9.35 Å². The molecule has 0 unspecified atom stereocenters. The van der Waals surface area contributed by atoms with Crippen LogP contribution in [0.3, 0.4) is 0 Å². The molecule has 1 rings (SSSR count). The fraction of sp³-hybridized carbons (Fsp3) is 0.500. The Kier molecular flexibility index (Phi) is 4.76. The molecule has 1 atom stereocenters. The summed E-state index contributed by atoms with van der Waals surface area (Å²) >= 11 is 5.02. The van der Waals surface area contributed by atoms with Gasteiger partial charge in [0.25, 0.3) is 0 Å². The van der Waals surface area contributed by atoms with Gasteiger partial charge in [0.1, 0.15) is 0 Å². The number of rotatable bonds is 4. The molecule has 1 heterocycles. The molecule has 0 aromatic carbocycles. The number of halogens is 1. The molecule has 0 aliphatic rings. The van der Waals surface area contributed by atoms with Crippen molar-refractivity contribution in [3.05, 3.63) is 20.8 Å². The Hall–Kier alpha value is -0.390. The number of carbonyl (C=O) groups excluding carboxylic acids is 1. The average Bonchev–Trinajstić information content (AvgIpc) is 2.61. The van der Waals surface area contributed by atoms with Crippen molar-refractivity contribution < 1.29 is 4.79 Å². The van der Waals surface area contributed by atoms with Gasteiger partial charge in [-0.25, -0.2) is 0 Å². The van der Waals surface area contributed by atoms with Crippen LogP contribution in [0.2, 0.25) is 0 Å². The lowest BCUT2D eigenvalue weighted by molar-refractivity contribution is -0.131. The summed E-state index contributed by atoms with van der Waals surface area (Å²) in [4.78, 5) is 14.5. The molecule has 0 spiro atoms. The summed E-state index contributed by atoms with van der Waals surface area (Å²) in [5.41, 5.74) is 5.68. The molecule has 2 N–H and O–H groups in total. The summed E-state index contributed by atoms with van der Waals surface area (Å²) in [6, 6.07) is 1.64. The molecule has 1 aromatic rings. The van der Waals surface area contributed by atoms with E-state index in [9.17, 15) is 4.79 Å². The van der Waals surface area contributed by atoms with Crippen LogP contribution in [0.5, 0.6) is 0 Å². The van der Waals surface area contributed by atoms with E-state index in [1.165, 1.54) is 0 Å². The molecule has 0 aliphatic carbocycles. The minimum Gasteiger partial charge on any atom is -0.339 e. The van der Waals surface area contributed by atoms with Gasteiger partial charge >= 0.3 is 0 Å². The highest BCUT2D eigenvalue weighted by Crippen LogP contribution is 2.20. The van der Waals surface area contributed by atoms with E-state index in [1.807, 2.05) is 18.4 Å². The Bertz CT molecular complexity index is 340. The third-order valence-corrected chi connectivity index (χ3v) is 3.83. The standard InChI is InChI=1S/C10H15BrN2OS/c1-3-9(12)10(14)13(2)5-8-4-7(11)6-15-8/h4,6,9H,3,5,12H2,1-2H3/t9-/m1/s1. The number of thiophene rings is 1. The van der Waals surface area contributed by atoms with Crippen molar-refractivity contribution in [1.29, 1.82) is 0 Å². The molecule has 5 heteroatoms. The highest BCUT2D eigenvalue weighted by molar-refractivity contribution is 9.10. The van der Waals surface area contributed by atoms with Crippen molar-refractivity contribution in [1.82, 2.24) is 4.90 Å². The minimum absolute atomic E-state index is 0.00187. The van der Waals surface area contributed by atoms with Crippen molar-refractivity contribution in [2.24, 2.45) is 5.73 Å². The van der Waals surface area contributed by atoms with Crippen LogP contribution in [0.25, 0.3) is 0 Å². The zero-order valence-corrected chi connectivity index (χ0v) is 11.3. The fourth-order valence-electron chi connectivity index (χ4n) is 1.21. The van der Waals surface area contributed by atoms with Gasteiger partial charge < -0.3 is 10.6 Å². The SMILES string of the molecule is CC[C@@H](N)C(=O)N(C)Cc1cc(Br)cs1. The molecule has 0 saturated carbocycles. The van der Waals surface area contributed by atoms with Gasteiger partial charge in [-0.05, 0) is 28.4 Å². The zero-order valence-electron chi connectivity index (χ0n) is 8.87. The van der Waals surface area contributed by atoms with Crippen LogP contribution < -0.4 is 5.73 Å². The average molecular weight is 291 g/mol. The molecule has 0 bridgehead atoms. The molecule has 3 nitrogen and oxygen atoms in total. The number of amides is 1. The van der Waals surface area contributed by atoms with E-state index in [0.29, 0.717) is 13.0 Å². The maximum absolute atomic E-state index is 11.7. The molecule has 84 valence electrons. The molecule has 1 amide bonds. The summed E-state index contributed by atoms with van der Waals surface area (Å²) < 4.78 is 1.06. The molecule has 0 saturated heterocycles. The maximum atomic E-state index is 11.7. The first-order chi connectivity index (χ1) is 7.04. The normalized spacial score (nSPS) is 12.5. The van der Waals surface area contributed by atoms with Crippen molar-refractivity contribution in [3.8, 4) is 0 Å². The van der Waals surface area contributed by atoms with Crippen LogP contribution in [0.1, 0.15) is 18.2 Å². The van der Waals surface area contributed by atoms with Crippen molar-refractivity contribution in [3.63, 3.8) is 0 Å². The zero-order chi connectivity index (χ0) is 11.4. The smallest absolute Gasteiger partial charge is 0.239 e. The van der Waals surface area contributed by atoms with Gasteiger partial charge in [-0.1, -0.05) is 6.92 Å². The van der Waals surface area contributed by atoms with E-state index in [4.69, 9.17) is 5.73 Å². The summed E-state index contributed by atoms with van der Waals surface area (Å²) in [6.45, 7) is 2.54. The van der Waals surface area contributed by atoms with Gasteiger partial charge in [0.05, 0.1) is 12.6 Å². The first kappa shape index (κ1) is 12.7. The Balaban J connectivity index is 2.55. The van der Waals surface area contributed by atoms with Crippen LogP contribution in [0, 0.1) is 0 Å². The van der Waals surface area contributed by atoms with E-state index >= 15 is 0 Å². The van der Waals surface area contributed by atoms with Gasteiger partial charge in [0, 0.05) is 21.8 Å². The van der Waals surface area contributed by atoms with Crippen LogP contribution in [-0.2, 0) is 11.3 Å². The first-order valence-corrected chi connectivity index (χ1v) is 6.45. The lowest BCUT2D eigenvalue weighted by Gasteiger charge is -2.19. The second kappa shape index (κ2) is 5.63. The summed E-state index contributed by atoms with van der Waals surface area (Å²) in [6.07, 6.45) is 0.678. The number of hydrogen-bond donors (Lipinski definition) is 1. The van der Waals surface area contributed by atoms with Crippen LogP contribution in [-0.4, -0.2) is 23.9 Å². The van der Waals surface area contributed by atoms with Crippen LogP contribution >= 0.6 is 27.3 Å². The second-order valence-electron chi connectivity index (χ2n) is 3.44. The van der Waals surface area contributed by atoms with Gasteiger partial charge in [-0.3, -0.25) is 4.79 Å². The van der Waals surface area contributed by atoms with E-state index in [2.05, 4.69) is 15.9 Å². The molecule has 0 radical (unpaired) electrons. The number of likely N-dealkylation sites (N-methyl/N-ethyl adjacent to an activating group) is 1. The van der Waals surface area contributed by atoms with E-state index < -0.39 is 0 Å². The highest BCUT2D eigenvalue weighted by Gasteiger charge is 2.16. The summed E-state index contributed by atoms with van der Waals surface area (Å²) in [5, 5.41) is 2.01. The van der Waals surface area contributed by atoms with Crippen molar-refractivity contribution in [2.45, 2.75) is 25.9 Å². The molecule has 0 aliphatic heterocycles.